The van der Waals surface area contributed by atoms with E-state index in [9.17, 15) is 9.90 Å². The molecule has 0 spiro atoms. The number of anilines is 1. The standard InChI is InChI=1S/C15H22N2O3/c1-2-16-13-6-4-3-5-12(13)14(19)17-15(11-18)7-9-20-10-8-15/h3-6,16,18H,2,7-11H2,1H3,(H,17,19). The van der Waals surface area contributed by atoms with E-state index in [1.165, 1.54) is 0 Å². The molecule has 2 rings (SSSR count). The second-order valence-corrected chi connectivity index (χ2v) is 5.08. The number of aliphatic hydroxyl groups excluding tert-OH is 1. The van der Waals surface area contributed by atoms with Gasteiger partial charge in [-0.15, -0.1) is 0 Å². The molecule has 3 N–H and O–H groups in total. The van der Waals surface area contributed by atoms with Crippen LogP contribution in [0.1, 0.15) is 30.1 Å². The van der Waals surface area contributed by atoms with Crippen molar-refractivity contribution in [2.75, 3.05) is 31.7 Å². The van der Waals surface area contributed by atoms with E-state index in [1.54, 1.807) is 6.07 Å². The van der Waals surface area contributed by atoms with Gasteiger partial charge in [-0.1, -0.05) is 12.1 Å². The molecule has 0 unspecified atom stereocenters. The third kappa shape index (κ3) is 3.29. The summed E-state index contributed by atoms with van der Waals surface area (Å²) in [5, 5.41) is 15.8. The zero-order valence-electron chi connectivity index (χ0n) is 11.8. The normalized spacial score (nSPS) is 17.5. The van der Waals surface area contributed by atoms with Crippen molar-refractivity contribution in [2.45, 2.75) is 25.3 Å². The van der Waals surface area contributed by atoms with Gasteiger partial charge in [0.05, 0.1) is 17.7 Å². The maximum atomic E-state index is 12.5. The van der Waals surface area contributed by atoms with Crippen LogP contribution in [0.3, 0.4) is 0 Å². The van der Waals surface area contributed by atoms with E-state index in [0.717, 1.165) is 12.2 Å². The molecule has 0 atom stereocenters. The molecule has 1 heterocycles. The van der Waals surface area contributed by atoms with E-state index < -0.39 is 5.54 Å². The van der Waals surface area contributed by atoms with E-state index in [-0.39, 0.29) is 12.5 Å². The first-order valence-corrected chi connectivity index (χ1v) is 7.05. The Balaban J connectivity index is 2.14. The largest absolute Gasteiger partial charge is 0.394 e. The molecule has 1 amide bonds. The number of carbonyl (C=O) groups is 1. The Hall–Kier alpha value is -1.59. The highest BCUT2D eigenvalue weighted by molar-refractivity contribution is 6.00. The van der Waals surface area contributed by atoms with Crippen molar-refractivity contribution >= 4 is 11.6 Å². The quantitative estimate of drug-likeness (QED) is 0.761. The van der Waals surface area contributed by atoms with Gasteiger partial charge in [-0.05, 0) is 31.9 Å². The molecule has 110 valence electrons. The second-order valence-electron chi connectivity index (χ2n) is 5.08. The minimum atomic E-state index is -0.561. The molecule has 5 nitrogen and oxygen atoms in total. The lowest BCUT2D eigenvalue weighted by Gasteiger charge is -2.36. The summed E-state index contributed by atoms with van der Waals surface area (Å²) in [7, 11) is 0. The molecular weight excluding hydrogens is 256 g/mol. The topological polar surface area (TPSA) is 70.6 Å². The highest BCUT2D eigenvalue weighted by Crippen LogP contribution is 2.22. The molecule has 0 bridgehead atoms. The summed E-state index contributed by atoms with van der Waals surface area (Å²) in [6.07, 6.45) is 1.28. The van der Waals surface area contributed by atoms with Crippen LogP contribution in [-0.2, 0) is 4.74 Å². The third-order valence-electron chi connectivity index (χ3n) is 3.67. The van der Waals surface area contributed by atoms with Crippen molar-refractivity contribution < 1.29 is 14.6 Å². The molecule has 0 saturated carbocycles. The zero-order chi connectivity index (χ0) is 14.4. The number of hydrogen-bond donors (Lipinski definition) is 3. The predicted octanol–water partition coefficient (Wildman–Crippen LogP) is 1.39. The van der Waals surface area contributed by atoms with Crippen LogP contribution in [0.4, 0.5) is 5.69 Å². The van der Waals surface area contributed by atoms with Crippen LogP contribution in [0.2, 0.25) is 0 Å². The van der Waals surface area contributed by atoms with Crippen molar-refractivity contribution in [3.8, 4) is 0 Å². The third-order valence-corrected chi connectivity index (χ3v) is 3.67. The number of rotatable bonds is 5. The fraction of sp³-hybridized carbons (Fsp3) is 0.533. The van der Waals surface area contributed by atoms with Crippen molar-refractivity contribution in [3.05, 3.63) is 29.8 Å². The van der Waals surface area contributed by atoms with Crippen molar-refractivity contribution in [1.82, 2.24) is 5.32 Å². The molecule has 0 radical (unpaired) electrons. The molecule has 20 heavy (non-hydrogen) atoms. The van der Waals surface area contributed by atoms with Crippen LogP contribution in [0.5, 0.6) is 0 Å². The molecular formula is C15H22N2O3. The van der Waals surface area contributed by atoms with Crippen LogP contribution in [0.25, 0.3) is 0 Å². The Morgan fingerprint density at radius 2 is 2.05 bits per heavy atom. The van der Waals surface area contributed by atoms with E-state index >= 15 is 0 Å². The van der Waals surface area contributed by atoms with Gasteiger partial charge in [0.15, 0.2) is 0 Å². The number of para-hydroxylation sites is 1. The minimum Gasteiger partial charge on any atom is -0.394 e. The average Bonchev–Trinajstić information content (AvgIpc) is 2.49. The maximum Gasteiger partial charge on any atom is 0.253 e. The van der Waals surface area contributed by atoms with Gasteiger partial charge in [0.25, 0.3) is 5.91 Å². The number of amides is 1. The molecule has 1 aliphatic heterocycles. The van der Waals surface area contributed by atoms with Crippen LogP contribution < -0.4 is 10.6 Å². The van der Waals surface area contributed by atoms with Crippen LogP contribution >= 0.6 is 0 Å². The van der Waals surface area contributed by atoms with Crippen molar-refractivity contribution in [2.24, 2.45) is 0 Å². The molecule has 1 aliphatic rings. The van der Waals surface area contributed by atoms with E-state index in [1.807, 2.05) is 25.1 Å². The fourth-order valence-electron chi connectivity index (χ4n) is 2.42. The first-order valence-electron chi connectivity index (χ1n) is 7.05. The van der Waals surface area contributed by atoms with Gasteiger partial charge >= 0.3 is 0 Å². The van der Waals surface area contributed by atoms with Gasteiger partial charge in [0, 0.05) is 25.4 Å². The number of ether oxygens (including phenoxy) is 1. The number of aliphatic hydroxyl groups is 1. The first-order chi connectivity index (χ1) is 9.71. The maximum absolute atomic E-state index is 12.5. The van der Waals surface area contributed by atoms with E-state index in [2.05, 4.69) is 10.6 Å². The Labute approximate surface area is 119 Å². The lowest BCUT2D eigenvalue weighted by molar-refractivity contribution is 0.0125. The lowest BCUT2D eigenvalue weighted by Crippen LogP contribution is -2.54. The van der Waals surface area contributed by atoms with Crippen LogP contribution in [0, 0.1) is 0 Å². The number of carbonyl (C=O) groups excluding carboxylic acids is 1. The Morgan fingerprint density at radius 1 is 1.35 bits per heavy atom. The predicted molar refractivity (Wildman–Crippen MR) is 77.9 cm³/mol. The fourth-order valence-corrected chi connectivity index (χ4v) is 2.42. The summed E-state index contributed by atoms with van der Waals surface area (Å²) in [4.78, 5) is 12.5. The summed E-state index contributed by atoms with van der Waals surface area (Å²) in [6.45, 7) is 3.81. The first kappa shape index (κ1) is 14.8. The van der Waals surface area contributed by atoms with E-state index in [0.29, 0.717) is 31.6 Å². The summed E-state index contributed by atoms with van der Waals surface area (Å²) < 4.78 is 5.30. The highest BCUT2D eigenvalue weighted by Gasteiger charge is 2.34. The molecule has 0 aliphatic carbocycles. The second kappa shape index (κ2) is 6.72. The number of hydrogen-bond acceptors (Lipinski definition) is 4. The monoisotopic (exact) mass is 278 g/mol. The van der Waals surface area contributed by atoms with Crippen LogP contribution in [-0.4, -0.2) is 42.9 Å². The summed E-state index contributed by atoms with van der Waals surface area (Å²) in [5.41, 5.74) is 0.857. The van der Waals surface area contributed by atoms with Gasteiger partial charge in [0.2, 0.25) is 0 Å². The molecule has 1 saturated heterocycles. The minimum absolute atomic E-state index is 0.0640. The summed E-state index contributed by atoms with van der Waals surface area (Å²) in [5.74, 6) is -0.155. The SMILES string of the molecule is CCNc1ccccc1C(=O)NC1(CO)CCOCC1. The van der Waals surface area contributed by atoms with Crippen LogP contribution in [0.15, 0.2) is 24.3 Å². The van der Waals surface area contributed by atoms with Gasteiger partial charge in [-0.2, -0.15) is 0 Å². The Morgan fingerprint density at radius 3 is 2.70 bits per heavy atom. The van der Waals surface area contributed by atoms with Gasteiger partial charge in [-0.3, -0.25) is 4.79 Å². The molecule has 1 aromatic rings. The van der Waals surface area contributed by atoms with Crippen molar-refractivity contribution in [3.63, 3.8) is 0 Å². The lowest BCUT2D eigenvalue weighted by atomic mass is 9.90. The van der Waals surface area contributed by atoms with Gasteiger partial charge < -0.3 is 20.5 Å². The van der Waals surface area contributed by atoms with Gasteiger partial charge in [-0.25, -0.2) is 0 Å². The van der Waals surface area contributed by atoms with E-state index in [4.69, 9.17) is 4.74 Å². The average molecular weight is 278 g/mol. The highest BCUT2D eigenvalue weighted by atomic mass is 16.5. The number of nitrogens with one attached hydrogen (secondary N) is 2. The smallest absolute Gasteiger partial charge is 0.253 e. The zero-order valence-corrected chi connectivity index (χ0v) is 11.8. The molecule has 0 aromatic heterocycles. The summed E-state index contributed by atoms with van der Waals surface area (Å²) >= 11 is 0. The Bertz CT molecular complexity index is 456. The Kier molecular flexibility index (Phi) is 4.98. The molecule has 1 aromatic carbocycles. The summed E-state index contributed by atoms with van der Waals surface area (Å²) in [6, 6.07) is 7.40. The molecule has 5 heteroatoms. The van der Waals surface area contributed by atoms with Crippen molar-refractivity contribution in [1.29, 1.82) is 0 Å². The number of benzene rings is 1. The molecule has 1 fully saturated rings. The van der Waals surface area contributed by atoms with Gasteiger partial charge in [0.1, 0.15) is 0 Å².